The number of carbonyl (C=O) groups excluding carboxylic acids is 1. The number of carbonyl (C=O) groups is 1. The van der Waals surface area contributed by atoms with Crippen molar-refractivity contribution in [2.75, 3.05) is 12.8 Å². The molecule has 0 unspecified atom stereocenters. The third-order valence-electron chi connectivity index (χ3n) is 3.17. The first-order valence-corrected chi connectivity index (χ1v) is 8.60. The summed E-state index contributed by atoms with van der Waals surface area (Å²) in [6, 6.07) is 1.65. The second-order valence-electron chi connectivity index (χ2n) is 5.48. The normalized spacial score (nSPS) is 11.1. The van der Waals surface area contributed by atoms with E-state index in [1.165, 1.54) is 12.5 Å². The van der Waals surface area contributed by atoms with Gasteiger partial charge < -0.3 is 14.3 Å². The zero-order chi connectivity index (χ0) is 15.9. The number of amides is 1. The molecule has 0 radical (unpaired) electrons. The van der Waals surface area contributed by atoms with E-state index in [9.17, 15) is 4.79 Å². The lowest BCUT2D eigenvalue weighted by Crippen LogP contribution is -2.24. The van der Waals surface area contributed by atoms with E-state index in [1.807, 2.05) is 6.26 Å². The molecule has 0 saturated heterocycles. The molecule has 0 bridgehead atoms. The summed E-state index contributed by atoms with van der Waals surface area (Å²) in [6.45, 7) is 5.88. The third kappa shape index (κ3) is 4.37. The molecule has 0 saturated carbocycles. The lowest BCUT2D eigenvalue weighted by atomic mass is 10.2. The van der Waals surface area contributed by atoms with Gasteiger partial charge in [-0.3, -0.25) is 4.79 Å². The average molecular weight is 322 g/mol. The molecule has 120 valence electrons. The number of rotatable bonds is 8. The van der Waals surface area contributed by atoms with Crippen LogP contribution < -0.4 is 5.32 Å². The number of thioether (sulfide) groups is 1. The minimum atomic E-state index is -0.109. The van der Waals surface area contributed by atoms with Gasteiger partial charge in [-0.25, -0.2) is 0 Å². The second-order valence-corrected chi connectivity index (χ2v) is 6.25. The lowest BCUT2D eigenvalue weighted by Gasteiger charge is -2.11. The van der Waals surface area contributed by atoms with Gasteiger partial charge in [0.15, 0.2) is 5.16 Å². The topological polar surface area (TPSA) is 73.0 Å². The highest BCUT2D eigenvalue weighted by molar-refractivity contribution is 7.98. The predicted octanol–water partition coefficient (Wildman–Crippen LogP) is 2.61. The number of aromatic nitrogens is 3. The first-order chi connectivity index (χ1) is 10.6. The maximum atomic E-state index is 11.8. The molecule has 0 fully saturated rings. The van der Waals surface area contributed by atoms with Crippen molar-refractivity contribution in [1.29, 1.82) is 0 Å². The largest absolute Gasteiger partial charge is 0.472 e. The molecular weight excluding hydrogens is 300 g/mol. The highest BCUT2D eigenvalue weighted by Gasteiger charge is 2.12. The maximum Gasteiger partial charge on any atom is 0.254 e. The van der Waals surface area contributed by atoms with Crippen LogP contribution in [0.1, 0.15) is 36.5 Å². The van der Waals surface area contributed by atoms with E-state index < -0.39 is 0 Å². The molecule has 0 atom stereocenters. The molecule has 0 spiro atoms. The number of nitrogens with zero attached hydrogens (tertiary/aromatic N) is 3. The Balaban J connectivity index is 1.84. The number of furan rings is 1. The Morgan fingerprint density at radius 2 is 2.27 bits per heavy atom. The molecule has 7 heteroatoms. The fourth-order valence-corrected chi connectivity index (χ4v) is 2.67. The molecule has 1 amide bonds. The quantitative estimate of drug-likeness (QED) is 0.597. The Morgan fingerprint density at radius 3 is 2.91 bits per heavy atom. The Kier molecular flexibility index (Phi) is 6.06. The lowest BCUT2D eigenvalue weighted by molar-refractivity contribution is 0.0952. The van der Waals surface area contributed by atoms with Crippen molar-refractivity contribution in [1.82, 2.24) is 20.1 Å². The van der Waals surface area contributed by atoms with Gasteiger partial charge in [-0.1, -0.05) is 25.6 Å². The van der Waals surface area contributed by atoms with Crippen LogP contribution in [0.2, 0.25) is 0 Å². The second kappa shape index (κ2) is 8.03. The molecular formula is C15H22N4O2S. The molecule has 22 heavy (non-hydrogen) atoms. The standard InChI is InChI=1S/C15H22N4O2S/c1-11(2)9-19-13(17-18-15(19)22-3)5-4-7-16-14(20)12-6-8-21-10-12/h6,8,10-11H,4-5,7,9H2,1-3H3,(H,16,20). The Labute approximate surface area is 134 Å². The summed E-state index contributed by atoms with van der Waals surface area (Å²) in [6.07, 6.45) is 6.57. The van der Waals surface area contributed by atoms with Crippen LogP contribution in [0, 0.1) is 5.92 Å². The van der Waals surface area contributed by atoms with Crippen LogP contribution in [-0.4, -0.2) is 33.5 Å². The van der Waals surface area contributed by atoms with E-state index in [0.717, 1.165) is 30.4 Å². The smallest absolute Gasteiger partial charge is 0.254 e. The zero-order valence-electron chi connectivity index (χ0n) is 13.2. The van der Waals surface area contributed by atoms with Crippen LogP contribution in [0.15, 0.2) is 28.2 Å². The third-order valence-corrected chi connectivity index (χ3v) is 3.84. The SMILES string of the molecule is CSc1nnc(CCCNC(=O)c2ccoc2)n1CC(C)C. The van der Waals surface area contributed by atoms with Gasteiger partial charge in [0, 0.05) is 19.5 Å². The molecule has 0 aliphatic heterocycles. The minimum Gasteiger partial charge on any atom is -0.472 e. The van der Waals surface area contributed by atoms with Gasteiger partial charge in [-0.2, -0.15) is 0 Å². The Bertz CT molecular complexity index is 593. The maximum absolute atomic E-state index is 11.8. The molecule has 0 aliphatic rings. The highest BCUT2D eigenvalue weighted by atomic mass is 32.2. The molecule has 2 rings (SSSR count). The zero-order valence-corrected chi connectivity index (χ0v) is 14.0. The summed E-state index contributed by atoms with van der Waals surface area (Å²) in [4.78, 5) is 11.8. The first kappa shape index (κ1) is 16.6. The number of nitrogens with one attached hydrogen (secondary N) is 1. The Hall–Kier alpha value is -1.76. The molecule has 2 aromatic rings. The van der Waals surface area contributed by atoms with Crippen LogP contribution >= 0.6 is 11.8 Å². The van der Waals surface area contributed by atoms with E-state index in [4.69, 9.17) is 4.42 Å². The van der Waals surface area contributed by atoms with Crippen molar-refractivity contribution in [3.63, 3.8) is 0 Å². The first-order valence-electron chi connectivity index (χ1n) is 7.38. The van der Waals surface area contributed by atoms with E-state index >= 15 is 0 Å². The van der Waals surface area contributed by atoms with Crippen molar-refractivity contribution in [3.05, 3.63) is 30.0 Å². The summed E-state index contributed by atoms with van der Waals surface area (Å²) in [7, 11) is 0. The van der Waals surface area contributed by atoms with E-state index in [-0.39, 0.29) is 5.91 Å². The molecule has 6 nitrogen and oxygen atoms in total. The van der Waals surface area contributed by atoms with E-state index in [2.05, 4.69) is 33.9 Å². The summed E-state index contributed by atoms with van der Waals surface area (Å²) in [5, 5.41) is 12.3. The van der Waals surface area contributed by atoms with Gasteiger partial charge in [-0.05, 0) is 24.7 Å². The summed E-state index contributed by atoms with van der Waals surface area (Å²) in [5.41, 5.74) is 0.549. The van der Waals surface area contributed by atoms with Gasteiger partial charge in [0.2, 0.25) is 0 Å². The van der Waals surface area contributed by atoms with Gasteiger partial charge in [0.1, 0.15) is 12.1 Å². The Morgan fingerprint density at radius 1 is 1.45 bits per heavy atom. The van der Waals surface area contributed by atoms with E-state index in [0.29, 0.717) is 18.0 Å². The minimum absolute atomic E-state index is 0.109. The molecule has 0 aliphatic carbocycles. The van der Waals surface area contributed by atoms with Crippen molar-refractivity contribution < 1.29 is 9.21 Å². The van der Waals surface area contributed by atoms with Gasteiger partial charge in [0.25, 0.3) is 5.91 Å². The molecule has 0 aromatic carbocycles. The van der Waals surface area contributed by atoms with E-state index in [1.54, 1.807) is 17.8 Å². The van der Waals surface area contributed by atoms with Crippen LogP contribution in [0.4, 0.5) is 0 Å². The summed E-state index contributed by atoms with van der Waals surface area (Å²) >= 11 is 1.61. The van der Waals surface area contributed by atoms with Crippen LogP contribution in [0.5, 0.6) is 0 Å². The van der Waals surface area contributed by atoms with Gasteiger partial charge in [0.05, 0.1) is 11.8 Å². The molecule has 1 N–H and O–H groups in total. The predicted molar refractivity (Wildman–Crippen MR) is 86.0 cm³/mol. The number of hydrogen-bond acceptors (Lipinski definition) is 5. The monoisotopic (exact) mass is 322 g/mol. The molecule has 2 heterocycles. The van der Waals surface area contributed by atoms with Crippen molar-refractivity contribution in [2.45, 2.75) is 38.4 Å². The average Bonchev–Trinajstić information content (AvgIpc) is 3.13. The van der Waals surface area contributed by atoms with Crippen molar-refractivity contribution >= 4 is 17.7 Å². The van der Waals surface area contributed by atoms with Crippen molar-refractivity contribution in [3.8, 4) is 0 Å². The van der Waals surface area contributed by atoms with Crippen molar-refractivity contribution in [2.24, 2.45) is 5.92 Å². The highest BCUT2D eigenvalue weighted by Crippen LogP contribution is 2.16. The fraction of sp³-hybridized carbons (Fsp3) is 0.533. The summed E-state index contributed by atoms with van der Waals surface area (Å²) in [5.74, 6) is 1.42. The fourth-order valence-electron chi connectivity index (χ4n) is 2.15. The summed E-state index contributed by atoms with van der Waals surface area (Å²) < 4.78 is 7.07. The van der Waals surface area contributed by atoms with Crippen LogP contribution in [0.25, 0.3) is 0 Å². The van der Waals surface area contributed by atoms with Crippen LogP contribution in [0.3, 0.4) is 0 Å². The van der Waals surface area contributed by atoms with Gasteiger partial charge in [-0.15, -0.1) is 10.2 Å². The van der Waals surface area contributed by atoms with Crippen LogP contribution in [-0.2, 0) is 13.0 Å². The number of hydrogen-bond donors (Lipinski definition) is 1. The van der Waals surface area contributed by atoms with Gasteiger partial charge >= 0.3 is 0 Å². The molecule has 2 aromatic heterocycles. The number of aryl methyl sites for hydroxylation is 1.